The molecule has 138 valence electrons. The summed E-state index contributed by atoms with van der Waals surface area (Å²) in [7, 11) is 0. The van der Waals surface area contributed by atoms with Crippen LogP contribution < -0.4 is 5.73 Å². The van der Waals surface area contributed by atoms with Crippen molar-refractivity contribution in [2.75, 3.05) is 0 Å². The first-order valence-corrected chi connectivity index (χ1v) is 8.61. The number of amides is 2. The predicted octanol–water partition coefficient (Wildman–Crippen LogP) is 2.54. The van der Waals surface area contributed by atoms with Crippen molar-refractivity contribution in [1.29, 1.82) is 0 Å². The maximum atomic E-state index is 11.7. The summed E-state index contributed by atoms with van der Waals surface area (Å²) in [6.45, 7) is 0.305. The smallest absolute Gasteiger partial charge is 0.257 e. The topological polar surface area (TPSA) is 102 Å². The molecule has 2 heterocycles. The van der Waals surface area contributed by atoms with Crippen molar-refractivity contribution in [3.8, 4) is 11.5 Å². The van der Waals surface area contributed by atoms with Gasteiger partial charge in [-0.25, -0.2) is 0 Å². The van der Waals surface area contributed by atoms with Gasteiger partial charge in [0.15, 0.2) is 5.82 Å². The SMILES string of the molecule is Cl.NC1(c2noc(-c3ccc(CN4C(=O)CCC4=O)cc3)n2)CCCC1. The maximum absolute atomic E-state index is 11.7. The zero-order valence-corrected chi connectivity index (χ0v) is 15.1. The average Bonchev–Trinajstić information content (AvgIpc) is 3.33. The van der Waals surface area contributed by atoms with Crippen molar-refractivity contribution in [1.82, 2.24) is 15.0 Å². The second-order valence-electron chi connectivity index (χ2n) is 6.86. The van der Waals surface area contributed by atoms with Gasteiger partial charge in [0.25, 0.3) is 5.89 Å². The van der Waals surface area contributed by atoms with E-state index in [0.717, 1.165) is 36.8 Å². The fraction of sp³-hybridized carbons (Fsp3) is 0.444. The molecule has 4 rings (SSSR count). The Morgan fingerprint density at radius 1 is 1.08 bits per heavy atom. The molecule has 0 radical (unpaired) electrons. The molecule has 1 aliphatic heterocycles. The highest BCUT2D eigenvalue weighted by molar-refractivity contribution is 6.01. The number of benzene rings is 1. The standard InChI is InChI=1S/C18H20N4O3.ClH/c19-18(9-1-2-10-18)17-20-16(25-21-17)13-5-3-12(4-6-13)11-22-14(23)7-8-15(22)24;/h3-6H,1-2,7-11,19H2;1H. The molecule has 2 aromatic rings. The summed E-state index contributed by atoms with van der Waals surface area (Å²) in [5.74, 6) is 0.782. The van der Waals surface area contributed by atoms with Gasteiger partial charge < -0.3 is 10.3 Å². The lowest BCUT2D eigenvalue weighted by Gasteiger charge is -2.17. The Labute approximate surface area is 157 Å². The Bertz CT molecular complexity index is 796. The van der Waals surface area contributed by atoms with Gasteiger partial charge in [0.1, 0.15) is 0 Å². The zero-order valence-electron chi connectivity index (χ0n) is 14.3. The number of carbonyl (C=O) groups excluding carboxylic acids is 2. The number of rotatable bonds is 4. The fourth-order valence-electron chi connectivity index (χ4n) is 3.51. The molecule has 1 saturated heterocycles. The molecule has 7 nitrogen and oxygen atoms in total. The third kappa shape index (κ3) is 3.37. The number of likely N-dealkylation sites (tertiary alicyclic amines) is 1. The highest BCUT2D eigenvalue weighted by atomic mass is 35.5. The summed E-state index contributed by atoms with van der Waals surface area (Å²) < 4.78 is 5.38. The van der Waals surface area contributed by atoms with E-state index in [2.05, 4.69) is 10.1 Å². The largest absolute Gasteiger partial charge is 0.334 e. The lowest BCUT2D eigenvalue weighted by molar-refractivity contribution is -0.139. The van der Waals surface area contributed by atoms with Crippen LogP contribution in [0.15, 0.2) is 28.8 Å². The predicted molar refractivity (Wildman–Crippen MR) is 96.1 cm³/mol. The van der Waals surface area contributed by atoms with E-state index in [-0.39, 0.29) is 24.2 Å². The minimum absolute atomic E-state index is 0. The highest BCUT2D eigenvalue weighted by Crippen LogP contribution is 2.35. The van der Waals surface area contributed by atoms with Gasteiger partial charge in [0.2, 0.25) is 11.8 Å². The summed E-state index contributed by atoms with van der Waals surface area (Å²) in [6, 6.07) is 7.45. The Morgan fingerprint density at radius 3 is 2.31 bits per heavy atom. The Hall–Kier alpha value is -2.25. The molecular weight excluding hydrogens is 356 g/mol. The third-order valence-corrected chi connectivity index (χ3v) is 5.06. The minimum atomic E-state index is -0.474. The lowest BCUT2D eigenvalue weighted by atomic mass is 9.99. The van der Waals surface area contributed by atoms with Crippen molar-refractivity contribution in [3.05, 3.63) is 35.7 Å². The van der Waals surface area contributed by atoms with E-state index >= 15 is 0 Å². The zero-order chi connectivity index (χ0) is 17.4. The van der Waals surface area contributed by atoms with E-state index in [1.165, 1.54) is 4.90 Å². The summed E-state index contributed by atoms with van der Waals surface area (Å²) in [5, 5.41) is 4.06. The van der Waals surface area contributed by atoms with Crippen LogP contribution in [0.25, 0.3) is 11.5 Å². The Morgan fingerprint density at radius 2 is 1.69 bits per heavy atom. The number of imide groups is 1. The molecule has 1 aromatic carbocycles. The van der Waals surface area contributed by atoms with E-state index < -0.39 is 5.54 Å². The summed E-state index contributed by atoms with van der Waals surface area (Å²) >= 11 is 0. The lowest BCUT2D eigenvalue weighted by Crippen LogP contribution is -2.34. The molecule has 0 unspecified atom stereocenters. The van der Waals surface area contributed by atoms with Crippen LogP contribution >= 0.6 is 12.4 Å². The van der Waals surface area contributed by atoms with Crippen LogP contribution in [0.5, 0.6) is 0 Å². The monoisotopic (exact) mass is 376 g/mol. The first-order valence-electron chi connectivity index (χ1n) is 8.61. The van der Waals surface area contributed by atoms with Gasteiger partial charge in [-0.15, -0.1) is 12.4 Å². The van der Waals surface area contributed by atoms with Gasteiger partial charge in [0, 0.05) is 18.4 Å². The molecule has 2 fully saturated rings. The van der Waals surface area contributed by atoms with Gasteiger partial charge in [0.05, 0.1) is 12.1 Å². The fourth-order valence-corrected chi connectivity index (χ4v) is 3.51. The third-order valence-electron chi connectivity index (χ3n) is 5.06. The quantitative estimate of drug-likeness (QED) is 0.822. The first kappa shape index (κ1) is 18.5. The maximum Gasteiger partial charge on any atom is 0.257 e. The van der Waals surface area contributed by atoms with Crippen molar-refractivity contribution >= 4 is 24.2 Å². The molecule has 0 bridgehead atoms. The number of carbonyl (C=O) groups is 2. The number of nitrogens with two attached hydrogens (primary N) is 1. The van der Waals surface area contributed by atoms with Gasteiger partial charge in [-0.05, 0) is 30.5 Å². The van der Waals surface area contributed by atoms with Crippen molar-refractivity contribution < 1.29 is 14.1 Å². The van der Waals surface area contributed by atoms with Gasteiger partial charge >= 0.3 is 0 Å². The number of hydrogen-bond donors (Lipinski definition) is 1. The molecular formula is C18H21ClN4O3. The summed E-state index contributed by atoms with van der Waals surface area (Å²) in [4.78, 5) is 29.2. The molecule has 8 heteroatoms. The average molecular weight is 377 g/mol. The molecule has 2 aliphatic rings. The number of hydrogen-bond acceptors (Lipinski definition) is 6. The molecule has 1 aromatic heterocycles. The number of aromatic nitrogens is 2. The summed E-state index contributed by atoms with van der Waals surface area (Å²) in [5.41, 5.74) is 7.57. The second kappa shape index (κ2) is 7.17. The summed E-state index contributed by atoms with van der Waals surface area (Å²) in [6.07, 6.45) is 4.54. The first-order chi connectivity index (χ1) is 12.0. The normalized spacial score (nSPS) is 19.0. The molecule has 1 aliphatic carbocycles. The Kier molecular flexibility index (Phi) is 5.11. The van der Waals surface area contributed by atoms with E-state index in [9.17, 15) is 9.59 Å². The van der Waals surface area contributed by atoms with Crippen LogP contribution in [0.1, 0.15) is 49.9 Å². The van der Waals surface area contributed by atoms with E-state index in [0.29, 0.717) is 31.1 Å². The van der Waals surface area contributed by atoms with E-state index in [4.69, 9.17) is 10.3 Å². The van der Waals surface area contributed by atoms with Gasteiger partial charge in [-0.1, -0.05) is 30.1 Å². The van der Waals surface area contributed by atoms with Crippen LogP contribution in [0.4, 0.5) is 0 Å². The molecule has 2 amide bonds. The van der Waals surface area contributed by atoms with Crippen molar-refractivity contribution in [2.24, 2.45) is 5.73 Å². The molecule has 0 spiro atoms. The van der Waals surface area contributed by atoms with Crippen LogP contribution in [-0.2, 0) is 21.7 Å². The second-order valence-corrected chi connectivity index (χ2v) is 6.86. The van der Waals surface area contributed by atoms with Crippen LogP contribution in [0.2, 0.25) is 0 Å². The van der Waals surface area contributed by atoms with Gasteiger partial charge in [-0.3, -0.25) is 14.5 Å². The number of halogens is 1. The van der Waals surface area contributed by atoms with Crippen LogP contribution in [-0.4, -0.2) is 26.9 Å². The van der Waals surface area contributed by atoms with E-state index in [1.807, 2.05) is 24.3 Å². The Balaban J connectivity index is 0.00000196. The number of nitrogens with zero attached hydrogens (tertiary/aromatic N) is 3. The minimum Gasteiger partial charge on any atom is -0.334 e. The van der Waals surface area contributed by atoms with Crippen LogP contribution in [0, 0.1) is 0 Å². The van der Waals surface area contributed by atoms with Crippen LogP contribution in [0.3, 0.4) is 0 Å². The molecule has 2 N–H and O–H groups in total. The van der Waals surface area contributed by atoms with Crippen molar-refractivity contribution in [3.63, 3.8) is 0 Å². The van der Waals surface area contributed by atoms with Gasteiger partial charge in [-0.2, -0.15) is 4.98 Å². The molecule has 0 atom stereocenters. The highest BCUT2D eigenvalue weighted by Gasteiger charge is 2.36. The molecule has 1 saturated carbocycles. The van der Waals surface area contributed by atoms with Crippen molar-refractivity contribution in [2.45, 2.75) is 50.6 Å². The van der Waals surface area contributed by atoms with E-state index in [1.54, 1.807) is 0 Å². The molecule has 26 heavy (non-hydrogen) atoms.